The van der Waals surface area contributed by atoms with Crippen LogP contribution in [0.1, 0.15) is 33.6 Å². The molecule has 2 nitrogen and oxygen atoms in total. The molecule has 0 radical (unpaired) electrons. The summed E-state index contributed by atoms with van der Waals surface area (Å²) in [5.41, 5.74) is -0.202. The second kappa shape index (κ2) is 4.23. The summed E-state index contributed by atoms with van der Waals surface area (Å²) in [7, 11) is 0. The zero-order valence-corrected chi connectivity index (χ0v) is 8.88. The number of hydrogen-bond donors (Lipinski definition) is 0. The summed E-state index contributed by atoms with van der Waals surface area (Å²) in [6.45, 7) is 7.94. The van der Waals surface area contributed by atoms with Crippen LogP contribution in [0.5, 0.6) is 0 Å². The van der Waals surface area contributed by atoms with Crippen molar-refractivity contribution in [2.45, 2.75) is 33.6 Å². The van der Waals surface area contributed by atoms with Crippen molar-refractivity contribution in [3.63, 3.8) is 0 Å². The average molecular weight is 184 g/mol. The number of carbonyl (C=O) groups is 1. The van der Waals surface area contributed by atoms with E-state index >= 15 is 0 Å². The molecule has 0 amide bonds. The Kier molecular flexibility index (Phi) is 3.48. The van der Waals surface area contributed by atoms with Crippen LogP contribution in [0.4, 0.5) is 0 Å². The van der Waals surface area contributed by atoms with Crippen molar-refractivity contribution >= 4 is 6.29 Å². The maximum atomic E-state index is 11.1. The summed E-state index contributed by atoms with van der Waals surface area (Å²) >= 11 is 0. The first kappa shape index (κ1) is 10.7. The lowest BCUT2D eigenvalue weighted by Crippen LogP contribution is -2.41. The molecule has 2 unspecified atom stereocenters. The van der Waals surface area contributed by atoms with Crippen molar-refractivity contribution in [3.8, 4) is 0 Å². The Balaban J connectivity index is 2.72. The van der Waals surface area contributed by atoms with Gasteiger partial charge in [-0.05, 0) is 24.7 Å². The molecule has 1 rings (SSSR count). The van der Waals surface area contributed by atoms with Crippen molar-refractivity contribution < 1.29 is 9.53 Å². The van der Waals surface area contributed by atoms with E-state index in [4.69, 9.17) is 4.74 Å². The Hall–Kier alpha value is -0.370. The summed E-state index contributed by atoms with van der Waals surface area (Å²) in [4.78, 5) is 11.1. The van der Waals surface area contributed by atoms with Gasteiger partial charge in [-0.3, -0.25) is 0 Å². The molecule has 0 aromatic heterocycles. The maximum absolute atomic E-state index is 11.1. The smallest absolute Gasteiger partial charge is 0.128 e. The number of aldehydes is 1. The SMILES string of the molecule is CC(C)C(C)C1(C=O)CCCOC1. The van der Waals surface area contributed by atoms with Crippen molar-refractivity contribution in [1.29, 1.82) is 0 Å². The Labute approximate surface area is 80.7 Å². The zero-order chi connectivity index (χ0) is 9.90. The van der Waals surface area contributed by atoms with Gasteiger partial charge in [0.2, 0.25) is 0 Å². The van der Waals surface area contributed by atoms with E-state index in [0.29, 0.717) is 18.4 Å². The molecule has 1 aliphatic heterocycles. The second-order valence-electron chi connectivity index (χ2n) is 4.54. The highest BCUT2D eigenvalue weighted by atomic mass is 16.5. The fraction of sp³-hybridized carbons (Fsp3) is 0.909. The molecular formula is C11H20O2. The lowest BCUT2D eigenvalue weighted by atomic mass is 9.69. The molecule has 0 bridgehead atoms. The molecule has 0 aromatic carbocycles. The minimum absolute atomic E-state index is 0.202. The molecule has 1 fully saturated rings. The third-order valence-corrected chi connectivity index (χ3v) is 3.44. The van der Waals surface area contributed by atoms with Crippen LogP contribution in [-0.4, -0.2) is 19.5 Å². The van der Waals surface area contributed by atoms with E-state index in [-0.39, 0.29) is 5.41 Å². The minimum Gasteiger partial charge on any atom is -0.380 e. The molecule has 2 heteroatoms. The van der Waals surface area contributed by atoms with Gasteiger partial charge in [0.1, 0.15) is 6.29 Å². The van der Waals surface area contributed by atoms with E-state index in [1.807, 2.05) is 0 Å². The van der Waals surface area contributed by atoms with Crippen molar-refractivity contribution in [3.05, 3.63) is 0 Å². The fourth-order valence-electron chi connectivity index (χ4n) is 2.06. The van der Waals surface area contributed by atoms with Gasteiger partial charge in [-0.15, -0.1) is 0 Å². The first-order valence-corrected chi connectivity index (χ1v) is 5.16. The summed E-state index contributed by atoms with van der Waals surface area (Å²) in [5.74, 6) is 0.970. The highest BCUT2D eigenvalue weighted by Gasteiger charge is 2.39. The molecule has 0 saturated carbocycles. The molecule has 0 aliphatic carbocycles. The molecule has 2 atom stereocenters. The van der Waals surface area contributed by atoms with Crippen LogP contribution < -0.4 is 0 Å². The van der Waals surface area contributed by atoms with Gasteiger partial charge in [0.15, 0.2) is 0 Å². The van der Waals surface area contributed by atoms with Gasteiger partial charge < -0.3 is 9.53 Å². The lowest BCUT2D eigenvalue weighted by molar-refractivity contribution is -0.130. The van der Waals surface area contributed by atoms with Crippen LogP contribution in [0.25, 0.3) is 0 Å². The quantitative estimate of drug-likeness (QED) is 0.629. The Bertz CT molecular complexity index is 169. The lowest BCUT2D eigenvalue weighted by Gasteiger charge is -2.39. The topological polar surface area (TPSA) is 26.3 Å². The van der Waals surface area contributed by atoms with Crippen LogP contribution in [0.15, 0.2) is 0 Å². The summed E-state index contributed by atoms with van der Waals surface area (Å²) in [6, 6.07) is 0. The van der Waals surface area contributed by atoms with E-state index in [2.05, 4.69) is 20.8 Å². The highest BCUT2D eigenvalue weighted by Crippen LogP contribution is 2.38. The van der Waals surface area contributed by atoms with Crippen LogP contribution >= 0.6 is 0 Å². The molecule has 1 aliphatic rings. The predicted octanol–water partition coefficient (Wildman–Crippen LogP) is 2.27. The number of carbonyl (C=O) groups excluding carboxylic acids is 1. The fourth-order valence-corrected chi connectivity index (χ4v) is 2.06. The monoisotopic (exact) mass is 184 g/mol. The van der Waals surface area contributed by atoms with Crippen LogP contribution in [-0.2, 0) is 9.53 Å². The molecule has 0 aromatic rings. The number of rotatable bonds is 3. The molecule has 1 heterocycles. The van der Waals surface area contributed by atoms with E-state index in [1.165, 1.54) is 0 Å². The normalized spacial score (nSPS) is 31.7. The average Bonchev–Trinajstić information content (AvgIpc) is 2.17. The van der Waals surface area contributed by atoms with Crippen molar-refractivity contribution in [2.75, 3.05) is 13.2 Å². The molecule has 0 spiro atoms. The van der Waals surface area contributed by atoms with E-state index in [1.54, 1.807) is 0 Å². The van der Waals surface area contributed by atoms with Gasteiger partial charge in [0, 0.05) is 6.61 Å². The summed E-state index contributed by atoms with van der Waals surface area (Å²) < 4.78 is 5.42. The summed E-state index contributed by atoms with van der Waals surface area (Å²) in [5, 5.41) is 0. The molecule has 76 valence electrons. The van der Waals surface area contributed by atoms with Gasteiger partial charge in [-0.25, -0.2) is 0 Å². The van der Waals surface area contributed by atoms with Crippen LogP contribution in [0.2, 0.25) is 0 Å². The largest absolute Gasteiger partial charge is 0.380 e. The zero-order valence-electron chi connectivity index (χ0n) is 8.88. The first-order valence-electron chi connectivity index (χ1n) is 5.16. The van der Waals surface area contributed by atoms with Gasteiger partial charge in [0.05, 0.1) is 12.0 Å². The molecule has 1 saturated heterocycles. The van der Waals surface area contributed by atoms with Crippen molar-refractivity contribution in [1.82, 2.24) is 0 Å². The molecule has 0 N–H and O–H groups in total. The summed E-state index contributed by atoms with van der Waals surface area (Å²) in [6.07, 6.45) is 3.14. The first-order chi connectivity index (χ1) is 6.12. The third kappa shape index (κ3) is 2.11. The Morgan fingerprint density at radius 2 is 2.08 bits per heavy atom. The minimum atomic E-state index is -0.202. The Morgan fingerprint density at radius 3 is 2.46 bits per heavy atom. The molecule has 13 heavy (non-hydrogen) atoms. The predicted molar refractivity (Wildman–Crippen MR) is 52.6 cm³/mol. The highest BCUT2D eigenvalue weighted by molar-refractivity contribution is 5.60. The standard InChI is InChI=1S/C11H20O2/c1-9(2)10(3)11(7-12)5-4-6-13-8-11/h7,9-10H,4-6,8H2,1-3H3. The van der Waals surface area contributed by atoms with Gasteiger partial charge in [-0.2, -0.15) is 0 Å². The number of hydrogen-bond acceptors (Lipinski definition) is 2. The molecular weight excluding hydrogens is 164 g/mol. The van der Waals surface area contributed by atoms with Crippen LogP contribution in [0, 0.1) is 17.3 Å². The van der Waals surface area contributed by atoms with Gasteiger partial charge in [-0.1, -0.05) is 20.8 Å². The van der Waals surface area contributed by atoms with E-state index in [9.17, 15) is 4.79 Å². The Morgan fingerprint density at radius 1 is 1.38 bits per heavy atom. The van der Waals surface area contributed by atoms with Gasteiger partial charge in [0.25, 0.3) is 0 Å². The van der Waals surface area contributed by atoms with E-state index in [0.717, 1.165) is 25.7 Å². The second-order valence-corrected chi connectivity index (χ2v) is 4.54. The van der Waals surface area contributed by atoms with Gasteiger partial charge >= 0.3 is 0 Å². The van der Waals surface area contributed by atoms with E-state index < -0.39 is 0 Å². The number of ether oxygens (including phenoxy) is 1. The maximum Gasteiger partial charge on any atom is 0.128 e. The van der Waals surface area contributed by atoms with Crippen molar-refractivity contribution in [2.24, 2.45) is 17.3 Å². The van der Waals surface area contributed by atoms with Crippen LogP contribution in [0.3, 0.4) is 0 Å². The third-order valence-electron chi connectivity index (χ3n) is 3.44.